The van der Waals surface area contributed by atoms with Gasteiger partial charge in [0.15, 0.2) is 0 Å². The molecule has 0 radical (unpaired) electrons. The summed E-state index contributed by atoms with van der Waals surface area (Å²) >= 11 is 1.13. The minimum absolute atomic E-state index is 0.0537. The van der Waals surface area contributed by atoms with Crippen molar-refractivity contribution in [2.45, 2.75) is 29.2 Å². The fourth-order valence-electron chi connectivity index (χ4n) is 1.66. The Bertz CT molecular complexity index is 807. The van der Waals surface area contributed by atoms with E-state index in [2.05, 4.69) is 20.5 Å². The third-order valence-corrected chi connectivity index (χ3v) is 5.13. The molecule has 1 aromatic carbocycles. The summed E-state index contributed by atoms with van der Waals surface area (Å²) < 4.78 is 47.4. The first-order valence-electron chi connectivity index (χ1n) is 6.79. The van der Waals surface area contributed by atoms with Crippen molar-refractivity contribution >= 4 is 33.2 Å². The van der Waals surface area contributed by atoms with Gasteiger partial charge in [-0.15, -0.1) is 5.10 Å². The highest BCUT2D eigenvalue weighted by Crippen LogP contribution is 2.20. The lowest BCUT2D eigenvalue weighted by Gasteiger charge is -2.06. The molecule has 1 aromatic heterocycles. The van der Waals surface area contributed by atoms with E-state index in [9.17, 15) is 22.0 Å². The number of nitrogens with one attached hydrogen (secondary N) is 2. The van der Waals surface area contributed by atoms with E-state index in [0.717, 1.165) is 23.9 Å². The first-order valence-corrected chi connectivity index (χ1v) is 9.32. The number of hydrogen-bond acceptors (Lipinski definition) is 6. The molecule has 0 bridgehead atoms. The van der Waals surface area contributed by atoms with E-state index in [1.54, 1.807) is 0 Å². The summed E-state index contributed by atoms with van der Waals surface area (Å²) in [7, 11) is -4.64. The van der Waals surface area contributed by atoms with Crippen LogP contribution >= 0.6 is 11.8 Å². The molecule has 130 valence electrons. The maximum atomic E-state index is 12.4. The number of benzene rings is 1. The number of aromatic amines is 1. The van der Waals surface area contributed by atoms with Gasteiger partial charge in [0, 0.05) is 12.1 Å². The molecule has 0 unspecified atom stereocenters. The summed E-state index contributed by atoms with van der Waals surface area (Å²) in [5.74, 6) is -3.07. The number of aromatic nitrogens is 3. The molecule has 2 aromatic rings. The number of alkyl halides is 2. The molecule has 0 saturated heterocycles. The molecule has 0 saturated carbocycles. The van der Waals surface area contributed by atoms with Crippen LogP contribution in [0, 0.1) is 0 Å². The number of carbonyl (C=O) groups is 1. The zero-order chi connectivity index (χ0) is 17.7. The molecule has 0 spiro atoms. The first kappa shape index (κ1) is 18.3. The zero-order valence-electron chi connectivity index (χ0n) is 12.5. The van der Waals surface area contributed by atoms with Gasteiger partial charge < -0.3 is 5.32 Å². The normalized spacial score (nSPS) is 11.7. The van der Waals surface area contributed by atoms with E-state index in [4.69, 9.17) is 0 Å². The van der Waals surface area contributed by atoms with Crippen molar-refractivity contribution in [3.05, 3.63) is 30.1 Å². The van der Waals surface area contributed by atoms with Crippen LogP contribution in [0.5, 0.6) is 0 Å². The van der Waals surface area contributed by atoms with E-state index in [0.29, 0.717) is 23.1 Å². The van der Waals surface area contributed by atoms with Crippen molar-refractivity contribution in [3.63, 3.8) is 0 Å². The summed E-state index contributed by atoms with van der Waals surface area (Å²) in [6.07, 6.45) is 0.702. The molecule has 2 rings (SSSR count). The van der Waals surface area contributed by atoms with Crippen LogP contribution in [0.25, 0.3) is 0 Å². The molecule has 0 fully saturated rings. The van der Waals surface area contributed by atoms with Gasteiger partial charge in [0.25, 0.3) is 0 Å². The van der Waals surface area contributed by atoms with Crippen molar-refractivity contribution in [1.82, 2.24) is 15.2 Å². The van der Waals surface area contributed by atoms with Crippen molar-refractivity contribution in [1.29, 1.82) is 0 Å². The summed E-state index contributed by atoms with van der Waals surface area (Å²) in [6.45, 7) is 1.92. The van der Waals surface area contributed by atoms with E-state index in [1.165, 1.54) is 12.1 Å². The SMILES string of the molecule is CCc1nc(SCC(=O)Nc2ccc(S(=O)(=O)C(F)F)cc2)n[nH]1. The highest BCUT2D eigenvalue weighted by molar-refractivity contribution is 7.99. The lowest BCUT2D eigenvalue weighted by Crippen LogP contribution is -2.15. The lowest BCUT2D eigenvalue weighted by atomic mass is 10.3. The van der Waals surface area contributed by atoms with E-state index in [1.807, 2.05) is 6.92 Å². The monoisotopic (exact) mass is 376 g/mol. The van der Waals surface area contributed by atoms with Crippen LogP contribution in [0.4, 0.5) is 14.5 Å². The van der Waals surface area contributed by atoms with E-state index in [-0.39, 0.29) is 11.7 Å². The second-order valence-electron chi connectivity index (χ2n) is 4.59. The molecule has 0 aliphatic rings. The van der Waals surface area contributed by atoms with Gasteiger partial charge in [0.05, 0.1) is 10.6 Å². The molecule has 0 aliphatic heterocycles. The van der Waals surface area contributed by atoms with Crippen LogP contribution in [0.3, 0.4) is 0 Å². The second kappa shape index (κ2) is 7.71. The number of aryl methyl sites for hydroxylation is 1. The second-order valence-corrected chi connectivity index (χ2v) is 7.45. The molecule has 2 N–H and O–H groups in total. The van der Waals surface area contributed by atoms with Gasteiger partial charge >= 0.3 is 5.76 Å². The van der Waals surface area contributed by atoms with Crippen LogP contribution in [0.1, 0.15) is 12.7 Å². The molecule has 24 heavy (non-hydrogen) atoms. The third kappa shape index (κ3) is 4.51. The Balaban J connectivity index is 1.92. The predicted octanol–water partition coefficient (Wildman–Crippen LogP) is 2.09. The van der Waals surface area contributed by atoms with Crippen LogP contribution in [-0.2, 0) is 21.1 Å². The highest BCUT2D eigenvalue weighted by Gasteiger charge is 2.26. The molecule has 7 nitrogen and oxygen atoms in total. The van der Waals surface area contributed by atoms with Gasteiger partial charge in [0.1, 0.15) is 5.82 Å². The Hall–Kier alpha value is -2.01. The van der Waals surface area contributed by atoms with Crippen LogP contribution < -0.4 is 5.32 Å². The largest absolute Gasteiger partial charge is 0.341 e. The van der Waals surface area contributed by atoms with Crippen molar-refractivity contribution in [2.75, 3.05) is 11.1 Å². The number of nitrogens with zero attached hydrogens (tertiary/aromatic N) is 2. The maximum Gasteiger partial charge on any atom is 0.341 e. The molecule has 1 amide bonds. The number of amides is 1. The van der Waals surface area contributed by atoms with Crippen molar-refractivity contribution in [3.8, 4) is 0 Å². The quantitative estimate of drug-likeness (QED) is 0.717. The number of rotatable bonds is 7. The molecule has 11 heteroatoms. The molecular formula is C13H14F2N4O3S2. The topological polar surface area (TPSA) is 105 Å². The summed E-state index contributed by atoms with van der Waals surface area (Å²) in [5, 5.41) is 9.63. The Labute approximate surface area is 141 Å². The van der Waals surface area contributed by atoms with E-state index >= 15 is 0 Å². The maximum absolute atomic E-state index is 12.4. The van der Waals surface area contributed by atoms with Gasteiger partial charge in [0.2, 0.25) is 20.9 Å². The Morgan fingerprint density at radius 1 is 1.33 bits per heavy atom. The number of halogens is 2. The summed E-state index contributed by atoms with van der Waals surface area (Å²) in [6, 6.07) is 4.54. The number of H-pyrrole nitrogens is 1. The van der Waals surface area contributed by atoms with Gasteiger partial charge in [-0.2, -0.15) is 8.78 Å². The standard InChI is InChI=1S/C13H14F2N4O3S2/c1-2-10-17-13(19-18-10)23-7-11(20)16-8-3-5-9(6-4-8)24(21,22)12(14)15/h3-6,12H,2,7H2,1H3,(H,16,20)(H,17,18,19). The molecule has 0 atom stereocenters. The number of thioether (sulfide) groups is 1. The first-order chi connectivity index (χ1) is 11.3. The smallest absolute Gasteiger partial charge is 0.325 e. The summed E-state index contributed by atoms with van der Waals surface area (Å²) in [4.78, 5) is 15.5. The Morgan fingerprint density at radius 3 is 2.54 bits per heavy atom. The minimum atomic E-state index is -4.64. The minimum Gasteiger partial charge on any atom is -0.325 e. The van der Waals surface area contributed by atoms with Gasteiger partial charge in [-0.25, -0.2) is 13.4 Å². The van der Waals surface area contributed by atoms with Crippen molar-refractivity contribution in [2.24, 2.45) is 0 Å². The lowest BCUT2D eigenvalue weighted by molar-refractivity contribution is -0.113. The highest BCUT2D eigenvalue weighted by atomic mass is 32.2. The van der Waals surface area contributed by atoms with Crippen molar-refractivity contribution < 1.29 is 22.0 Å². The van der Waals surface area contributed by atoms with E-state index < -0.39 is 20.5 Å². The predicted molar refractivity (Wildman–Crippen MR) is 84.7 cm³/mol. The average Bonchev–Trinajstić information content (AvgIpc) is 3.01. The van der Waals surface area contributed by atoms with Gasteiger partial charge in [-0.3, -0.25) is 9.89 Å². The molecule has 0 aliphatic carbocycles. The fraction of sp³-hybridized carbons (Fsp3) is 0.308. The van der Waals surface area contributed by atoms with Gasteiger partial charge in [-0.05, 0) is 24.3 Å². The number of hydrogen-bond donors (Lipinski definition) is 2. The van der Waals surface area contributed by atoms with Crippen LogP contribution in [0.15, 0.2) is 34.3 Å². The molecular weight excluding hydrogens is 362 g/mol. The number of sulfone groups is 1. The fourth-order valence-corrected chi connectivity index (χ4v) is 3.00. The van der Waals surface area contributed by atoms with Crippen LogP contribution in [0.2, 0.25) is 0 Å². The Kier molecular flexibility index (Phi) is 5.89. The zero-order valence-corrected chi connectivity index (χ0v) is 14.1. The summed E-state index contributed by atoms with van der Waals surface area (Å²) in [5.41, 5.74) is 0.304. The Morgan fingerprint density at radius 2 is 2.00 bits per heavy atom. The van der Waals surface area contributed by atoms with Crippen LogP contribution in [-0.4, -0.2) is 41.0 Å². The average molecular weight is 376 g/mol. The number of anilines is 1. The van der Waals surface area contributed by atoms with Gasteiger partial charge in [-0.1, -0.05) is 18.7 Å². The number of carbonyl (C=O) groups excluding carboxylic acids is 1. The third-order valence-electron chi connectivity index (χ3n) is 2.88. The molecule has 1 heterocycles.